The Hall–Kier alpha value is -0.0800. The molecule has 0 aromatic heterocycles. The highest BCUT2D eigenvalue weighted by Crippen LogP contribution is 2.44. The van der Waals surface area contributed by atoms with Crippen LogP contribution in [-0.2, 0) is 0 Å². The lowest BCUT2D eigenvalue weighted by Gasteiger charge is -2.15. The second-order valence-electron chi connectivity index (χ2n) is 5.41. The lowest BCUT2D eigenvalue weighted by atomic mass is 10.1. The molecule has 0 aromatic rings. The van der Waals surface area contributed by atoms with Crippen LogP contribution in [0.15, 0.2) is 0 Å². The molecule has 2 unspecified atom stereocenters. The molecule has 1 heterocycles. The maximum atomic E-state index is 3.70. The zero-order valence-corrected chi connectivity index (χ0v) is 9.14. The molecule has 2 heteroatoms. The first-order chi connectivity index (χ1) is 6.09. The first-order valence-corrected chi connectivity index (χ1v) is 5.53. The zero-order chi connectivity index (χ0) is 9.47. The molecule has 0 spiro atoms. The van der Waals surface area contributed by atoms with Gasteiger partial charge in [-0.3, -0.25) is 0 Å². The van der Waals surface area contributed by atoms with Crippen LogP contribution in [0.2, 0.25) is 0 Å². The van der Waals surface area contributed by atoms with Gasteiger partial charge in [0.2, 0.25) is 0 Å². The van der Waals surface area contributed by atoms with Gasteiger partial charge in [0.15, 0.2) is 0 Å². The number of rotatable bonds is 3. The zero-order valence-electron chi connectivity index (χ0n) is 9.14. The van der Waals surface area contributed by atoms with Crippen LogP contribution in [0, 0.1) is 5.41 Å². The summed E-state index contributed by atoms with van der Waals surface area (Å²) in [5, 5.41) is 3.70. The van der Waals surface area contributed by atoms with E-state index in [4.69, 9.17) is 0 Å². The Morgan fingerprint density at radius 3 is 2.62 bits per heavy atom. The van der Waals surface area contributed by atoms with E-state index in [0.717, 1.165) is 12.1 Å². The fourth-order valence-corrected chi connectivity index (χ4v) is 2.12. The smallest absolute Gasteiger partial charge is 0.0210 e. The predicted molar refractivity (Wildman–Crippen MR) is 55.8 cm³/mol. The molecule has 1 saturated heterocycles. The van der Waals surface area contributed by atoms with Crippen LogP contribution in [0.3, 0.4) is 0 Å². The molecule has 2 atom stereocenters. The van der Waals surface area contributed by atoms with Gasteiger partial charge in [-0.2, -0.15) is 0 Å². The topological polar surface area (TPSA) is 15.3 Å². The van der Waals surface area contributed by atoms with Gasteiger partial charge >= 0.3 is 0 Å². The Morgan fingerprint density at radius 1 is 1.46 bits per heavy atom. The number of likely N-dealkylation sites (N-methyl/N-ethyl adjacent to an activating group) is 1. The summed E-state index contributed by atoms with van der Waals surface area (Å²) >= 11 is 0. The van der Waals surface area contributed by atoms with Gasteiger partial charge in [-0.25, -0.2) is 0 Å². The Kier molecular flexibility index (Phi) is 2.37. The average molecular weight is 182 g/mol. The Balaban J connectivity index is 1.71. The van der Waals surface area contributed by atoms with Crippen LogP contribution < -0.4 is 5.32 Å². The predicted octanol–water partition coefficient (Wildman–Crippen LogP) is 1.47. The van der Waals surface area contributed by atoms with E-state index in [-0.39, 0.29) is 0 Å². The van der Waals surface area contributed by atoms with Crippen LogP contribution in [0.25, 0.3) is 0 Å². The molecule has 0 bridgehead atoms. The molecule has 0 radical (unpaired) electrons. The highest BCUT2D eigenvalue weighted by Gasteiger charge is 2.38. The summed E-state index contributed by atoms with van der Waals surface area (Å²) in [4.78, 5) is 2.45. The van der Waals surface area contributed by atoms with Crippen LogP contribution in [0.1, 0.15) is 33.1 Å². The number of nitrogens with one attached hydrogen (secondary N) is 1. The van der Waals surface area contributed by atoms with Gasteiger partial charge in [-0.15, -0.1) is 0 Å². The summed E-state index contributed by atoms with van der Waals surface area (Å²) in [5.74, 6) is 0. The third kappa shape index (κ3) is 2.23. The standard InChI is InChI=1S/C11H22N2/c1-9-6-10(7-13(9)3)12-8-11(2)4-5-11/h9-10,12H,4-8H2,1-3H3. The maximum Gasteiger partial charge on any atom is 0.0210 e. The van der Waals surface area contributed by atoms with E-state index in [1.807, 2.05) is 0 Å². The molecule has 1 aliphatic heterocycles. The SMILES string of the molecule is CC1CC(NCC2(C)CC2)CN1C. The minimum absolute atomic E-state index is 0.657. The molecule has 0 aromatic carbocycles. The first-order valence-electron chi connectivity index (χ1n) is 5.53. The van der Waals surface area contributed by atoms with Crippen molar-refractivity contribution in [2.24, 2.45) is 5.41 Å². The van der Waals surface area contributed by atoms with Crippen molar-refractivity contribution in [2.75, 3.05) is 20.1 Å². The Bertz CT molecular complexity index is 177. The van der Waals surface area contributed by atoms with Crippen molar-refractivity contribution in [1.29, 1.82) is 0 Å². The van der Waals surface area contributed by atoms with Crippen molar-refractivity contribution in [2.45, 2.75) is 45.2 Å². The summed E-state index contributed by atoms with van der Waals surface area (Å²) in [6, 6.07) is 1.52. The van der Waals surface area contributed by atoms with E-state index in [0.29, 0.717) is 5.41 Å². The molecular formula is C11H22N2. The van der Waals surface area contributed by atoms with E-state index >= 15 is 0 Å². The molecule has 2 fully saturated rings. The number of hydrogen-bond donors (Lipinski definition) is 1. The van der Waals surface area contributed by atoms with E-state index < -0.39 is 0 Å². The van der Waals surface area contributed by atoms with E-state index in [9.17, 15) is 0 Å². The van der Waals surface area contributed by atoms with Crippen molar-refractivity contribution in [3.05, 3.63) is 0 Å². The summed E-state index contributed by atoms with van der Waals surface area (Å²) in [5.41, 5.74) is 0.657. The first kappa shape index (κ1) is 9.47. The van der Waals surface area contributed by atoms with Crippen molar-refractivity contribution in [3.8, 4) is 0 Å². The van der Waals surface area contributed by atoms with Gasteiger partial charge < -0.3 is 10.2 Å². The minimum atomic E-state index is 0.657. The molecule has 2 rings (SSSR count). The van der Waals surface area contributed by atoms with Crippen molar-refractivity contribution in [1.82, 2.24) is 10.2 Å². The van der Waals surface area contributed by atoms with Crippen molar-refractivity contribution < 1.29 is 0 Å². The van der Waals surface area contributed by atoms with Crippen molar-refractivity contribution in [3.63, 3.8) is 0 Å². The molecule has 1 aliphatic carbocycles. The third-order valence-corrected chi connectivity index (χ3v) is 3.81. The van der Waals surface area contributed by atoms with Gasteiger partial charge in [0.25, 0.3) is 0 Å². The van der Waals surface area contributed by atoms with Gasteiger partial charge in [0.05, 0.1) is 0 Å². The highest BCUT2D eigenvalue weighted by molar-refractivity contribution is 4.93. The molecular weight excluding hydrogens is 160 g/mol. The van der Waals surface area contributed by atoms with Crippen molar-refractivity contribution >= 4 is 0 Å². The van der Waals surface area contributed by atoms with E-state index in [1.165, 1.54) is 32.4 Å². The van der Waals surface area contributed by atoms with Gasteiger partial charge in [-0.1, -0.05) is 6.92 Å². The van der Waals surface area contributed by atoms with Gasteiger partial charge in [0, 0.05) is 25.2 Å². The average Bonchev–Trinajstić information content (AvgIpc) is 2.72. The van der Waals surface area contributed by atoms with E-state index in [2.05, 4.69) is 31.1 Å². The highest BCUT2D eigenvalue weighted by atomic mass is 15.2. The number of nitrogens with zero attached hydrogens (tertiary/aromatic N) is 1. The molecule has 2 nitrogen and oxygen atoms in total. The fourth-order valence-electron chi connectivity index (χ4n) is 2.12. The quantitative estimate of drug-likeness (QED) is 0.711. The van der Waals surface area contributed by atoms with Crippen LogP contribution in [-0.4, -0.2) is 37.1 Å². The summed E-state index contributed by atoms with van der Waals surface area (Å²) in [6.07, 6.45) is 4.18. The number of likely N-dealkylation sites (tertiary alicyclic amines) is 1. The second kappa shape index (κ2) is 3.25. The van der Waals surface area contributed by atoms with Crippen LogP contribution in [0.4, 0.5) is 0 Å². The lowest BCUT2D eigenvalue weighted by molar-refractivity contribution is 0.325. The summed E-state index contributed by atoms with van der Waals surface area (Å²) in [7, 11) is 2.23. The number of hydrogen-bond acceptors (Lipinski definition) is 2. The minimum Gasteiger partial charge on any atom is -0.312 e. The largest absolute Gasteiger partial charge is 0.312 e. The third-order valence-electron chi connectivity index (χ3n) is 3.81. The Morgan fingerprint density at radius 2 is 2.15 bits per heavy atom. The maximum absolute atomic E-state index is 3.70. The molecule has 0 amide bonds. The van der Waals surface area contributed by atoms with Gasteiger partial charge in [0.1, 0.15) is 0 Å². The van der Waals surface area contributed by atoms with Crippen LogP contribution >= 0.6 is 0 Å². The Labute approximate surface area is 81.7 Å². The van der Waals surface area contributed by atoms with E-state index in [1.54, 1.807) is 0 Å². The molecule has 13 heavy (non-hydrogen) atoms. The molecule has 1 saturated carbocycles. The second-order valence-corrected chi connectivity index (χ2v) is 5.41. The fraction of sp³-hybridized carbons (Fsp3) is 1.00. The summed E-state index contributed by atoms with van der Waals surface area (Å²) in [6.45, 7) is 7.18. The lowest BCUT2D eigenvalue weighted by Crippen LogP contribution is -2.35. The summed E-state index contributed by atoms with van der Waals surface area (Å²) < 4.78 is 0. The monoisotopic (exact) mass is 182 g/mol. The molecule has 76 valence electrons. The van der Waals surface area contributed by atoms with Crippen LogP contribution in [0.5, 0.6) is 0 Å². The molecule has 2 aliphatic rings. The van der Waals surface area contributed by atoms with Gasteiger partial charge in [-0.05, 0) is 38.6 Å². The normalized spacial score (nSPS) is 38.1. The molecule has 1 N–H and O–H groups in total.